The summed E-state index contributed by atoms with van der Waals surface area (Å²) in [5.41, 5.74) is 0.297. The van der Waals surface area contributed by atoms with Gasteiger partial charge in [-0.3, -0.25) is 9.78 Å². The second kappa shape index (κ2) is 6.05. The maximum Gasteiger partial charge on any atom is 0.253 e. The molecule has 0 saturated heterocycles. The molecule has 1 saturated carbocycles. The molecule has 1 amide bonds. The van der Waals surface area contributed by atoms with E-state index < -0.39 is 0 Å². The fourth-order valence-electron chi connectivity index (χ4n) is 3.33. The Labute approximate surface area is 144 Å². The molecule has 1 aliphatic carbocycles. The molecule has 0 atom stereocenters. The molecule has 7 nitrogen and oxygen atoms in total. The van der Waals surface area contributed by atoms with Crippen LogP contribution in [0.1, 0.15) is 44.2 Å². The second-order valence-corrected chi connectivity index (χ2v) is 7.17. The first-order chi connectivity index (χ1) is 11.3. The first-order valence-corrected chi connectivity index (χ1v) is 8.01. The number of pyridine rings is 1. The highest BCUT2D eigenvalue weighted by atomic mass is 35.5. The zero-order valence-corrected chi connectivity index (χ0v) is 14.6. The van der Waals surface area contributed by atoms with Crippen molar-refractivity contribution < 1.29 is 13.9 Å². The number of rotatable bonds is 6. The maximum absolute atomic E-state index is 10.6. The van der Waals surface area contributed by atoms with Crippen LogP contribution in [0.15, 0.2) is 16.7 Å². The molecule has 2 aromatic rings. The van der Waals surface area contributed by atoms with Gasteiger partial charge in [-0.1, -0.05) is 18.5 Å². The van der Waals surface area contributed by atoms with Gasteiger partial charge >= 0.3 is 0 Å². The van der Waals surface area contributed by atoms with Gasteiger partial charge in [0.1, 0.15) is 5.75 Å². The van der Waals surface area contributed by atoms with Crippen LogP contribution in [0.4, 0.5) is 0 Å². The van der Waals surface area contributed by atoms with Crippen LogP contribution in [0.25, 0.3) is 0 Å². The minimum absolute atomic E-state index is 0.147. The highest BCUT2D eigenvalue weighted by molar-refractivity contribution is 6.31. The largest absolute Gasteiger partial charge is 0.482 e. The van der Waals surface area contributed by atoms with Crippen LogP contribution < -0.4 is 10.1 Å². The Bertz CT molecular complexity index is 756. The summed E-state index contributed by atoms with van der Waals surface area (Å²) in [5.74, 6) is 1.49. The zero-order chi connectivity index (χ0) is 17.4. The fraction of sp³-hybridized carbons (Fsp3) is 0.500. The van der Waals surface area contributed by atoms with Crippen molar-refractivity contribution in [2.75, 3.05) is 0 Å². The number of carbonyl (C=O) groups is 1. The van der Waals surface area contributed by atoms with Gasteiger partial charge in [0.25, 0.3) is 5.89 Å². The summed E-state index contributed by atoms with van der Waals surface area (Å²) >= 11 is 6.01. The molecule has 2 heterocycles. The number of aryl methyl sites for hydroxylation is 1. The number of nitrogens with zero attached hydrogens (tertiary/aromatic N) is 3. The van der Waals surface area contributed by atoms with Crippen molar-refractivity contribution in [3.8, 4) is 5.75 Å². The highest BCUT2D eigenvalue weighted by Crippen LogP contribution is 2.49. The number of hydrogen-bond donors (Lipinski definition) is 1. The van der Waals surface area contributed by atoms with Gasteiger partial charge in [-0.25, -0.2) is 0 Å². The molecular weight excluding hydrogens is 332 g/mol. The van der Waals surface area contributed by atoms with E-state index in [4.69, 9.17) is 20.8 Å². The Morgan fingerprint density at radius 2 is 2.17 bits per heavy atom. The van der Waals surface area contributed by atoms with Crippen LogP contribution in [-0.4, -0.2) is 27.1 Å². The Morgan fingerprint density at radius 3 is 2.83 bits per heavy atom. The Balaban J connectivity index is 1.62. The minimum atomic E-state index is -0.231. The SMILES string of the molecule is Cc1ncc(OCc2nnc(C3(C)CC(C)(NC=O)C3)o2)cc1Cl. The molecule has 2 aromatic heterocycles. The summed E-state index contributed by atoms with van der Waals surface area (Å²) in [4.78, 5) is 14.8. The normalized spacial score (nSPS) is 25.8. The van der Waals surface area contributed by atoms with Crippen molar-refractivity contribution in [3.05, 3.63) is 34.8 Å². The lowest BCUT2D eigenvalue weighted by atomic mass is 9.59. The molecule has 0 unspecified atom stereocenters. The summed E-state index contributed by atoms with van der Waals surface area (Å²) in [6, 6.07) is 1.70. The smallest absolute Gasteiger partial charge is 0.253 e. The lowest BCUT2D eigenvalue weighted by Gasteiger charge is -2.50. The average molecular weight is 351 g/mol. The fourth-order valence-corrected chi connectivity index (χ4v) is 3.49. The third-order valence-electron chi connectivity index (χ3n) is 4.31. The van der Waals surface area contributed by atoms with Gasteiger partial charge < -0.3 is 14.5 Å². The van der Waals surface area contributed by atoms with Gasteiger partial charge in [-0.05, 0) is 26.7 Å². The van der Waals surface area contributed by atoms with Gasteiger partial charge in [-0.2, -0.15) is 0 Å². The van der Waals surface area contributed by atoms with Crippen molar-refractivity contribution in [2.45, 2.75) is 51.2 Å². The van der Waals surface area contributed by atoms with E-state index >= 15 is 0 Å². The first kappa shape index (κ1) is 16.7. The molecule has 0 radical (unpaired) electrons. The molecule has 24 heavy (non-hydrogen) atoms. The van der Waals surface area contributed by atoms with Crippen LogP contribution >= 0.6 is 11.6 Å². The van der Waals surface area contributed by atoms with E-state index in [1.54, 1.807) is 12.3 Å². The molecule has 8 heteroatoms. The van der Waals surface area contributed by atoms with E-state index in [-0.39, 0.29) is 17.6 Å². The van der Waals surface area contributed by atoms with Crippen LogP contribution in [0.5, 0.6) is 5.75 Å². The Morgan fingerprint density at radius 1 is 1.42 bits per heavy atom. The van der Waals surface area contributed by atoms with Gasteiger partial charge in [0.2, 0.25) is 12.3 Å². The third kappa shape index (κ3) is 3.21. The van der Waals surface area contributed by atoms with Gasteiger partial charge in [0.05, 0.1) is 22.3 Å². The second-order valence-electron chi connectivity index (χ2n) is 6.76. The van der Waals surface area contributed by atoms with Crippen molar-refractivity contribution >= 4 is 18.0 Å². The predicted octanol–water partition coefficient (Wildman–Crippen LogP) is 2.56. The van der Waals surface area contributed by atoms with E-state index in [1.165, 1.54) is 0 Å². The molecule has 1 aliphatic rings. The van der Waals surface area contributed by atoms with Gasteiger partial charge in [0.15, 0.2) is 6.61 Å². The van der Waals surface area contributed by atoms with Crippen LogP contribution in [0, 0.1) is 6.92 Å². The van der Waals surface area contributed by atoms with E-state index in [0.29, 0.717) is 22.6 Å². The van der Waals surface area contributed by atoms with Crippen molar-refractivity contribution in [3.63, 3.8) is 0 Å². The summed E-state index contributed by atoms with van der Waals surface area (Å²) < 4.78 is 11.3. The van der Waals surface area contributed by atoms with Crippen LogP contribution in [-0.2, 0) is 16.8 Å². The first-order valence-electron chi connectivity index (χ1n) is 7.63. The number of halogens is 1. The van der Waals surface area contributed by atoms with E-state index in [9.17, 15) is 4.79 Å². The zero-order valence-electron chi connectivity index (χ0n) is 13.8. The lowest BCUT2D eigenvalue weighted by molar-refractivity contribution is -0.113. The summed E-state index contributed by atoms with van der Waals surface area (Å²) in [7, 11) is 0. The maximum atomic E-state index is 10.6. The monoisotopic (exact) mass is 350 g/mol. The molecule has 1 N–H and O–H groups in total. The molecule has 0 bridgehead atoms. The van der Waals surface area contributed by atoms with E-state index in [2.05, 4.69) is 20.5 Å². The number of hydrogen-bond acceptors (Lipinski definition) is 6. The summed E-state index contributed by atoms with van der Waals surface area (Å²) in [6.45, 7) is 6.01. The third-order valence-corrected chi connectivity index (χ3v) is 4.70. The molecule has 3 rings (SSSR count). The summed E-state index contributed by atoms with van der Waals surface area (Å²) in [5, 5.41) is 11.5. The number of ether oxygens (including phenoxy) is 1. The van der Waals surface area contributed by atoms with Crippen molar-refractivity contribution in [1.29, 1.82) is 0 Å². The molecular formula is C16H19ClN4O3. The quantitative estimate of drug-likeness (QED) is 0.805. The minimum Gasteiger partial charge on any atom is -0.482 e. The number of nitrogens with one attached hydrogen (secondary N) is 1. The lowest BCUT2D eigenvalue weighted by Crippen LogP contribution is -2.59. The molecule has 0 aromatic carbocycles. The average Bonchev–Trinajstić information content (AvgIpc) is 2.97. The number of carbonyl (C=O) groups excluding carboxylic acids is 1. The number of amides is 1. The standard InChI is InChI=1S/C16H19ClN4O3/c1-10-12(17)4-11(5-18-10)23-6-13-20-21-14(24-13)15(2)7-16(3,8-15)19-9-22/h4-5,9H,6-8H2,1-3H3,(H,19,22). The predicted molar refractivity (Wildman–Crippen MR) is 86.8 cm³/mol. The van der Waals surface area contributed by atoms with E-state index in [1.807, 2.05) is 20.8 Å². The van der Waals surface area contributed by atoms with Gasteiger partial charge in [-0.15, -0.1) is 10.2 Å². The molecule has 0 spiro atoms. The van der Waals surface area contributed by atoms with Crippen molar-refractivity contribution in [2.24, 2.45) is 0 Å². The molecule has 0 aliphatic heterocycles. The number of aromatic nitrogens is 3. The molecule has 128 valence electrons. The topological polar surface area (TPSA) is 90.1 Å². The summed E-state index contributed by atoms with van der Waals surface area (Å²) in [6.07, 6.45) is 3.83. The van der Waals surface area contributed by atoms with Crippen LogP contribution in [0.2, 0.25) is 5.02 Å². The van der Waals surface area contributed by atoms with Crippen molar-refractivity contribution in [1.82, 2.24) is 20.5 Å². The Hall–Kier alpha value is -2.15. The highest BCUT2D eigenvalue weighted by Gasteiger charge is 2.52. The van der Waals surface area contributed by atoms with Crippen LogP contribution in [0.3, 0.4) is 0 Å². The van der Waals surface area contributed by atoms with E-state index in [0.717, 1.165) is 24.9 Å². The Kier molecular flexibility index (Phi) is 4.21. The van der Waals surface area contributed by atoms with Gasteiger partial charge in [0, 0.05) is 11.6 Å². The molecule has 1 fully saturated rings.